The van der Waals surface area contributed by atoms with Gasteiger partial charge in [0.15, 0.2) is 5.76 Å². The number of rotatable bonds is 6. The smallest absolute Gasteiger partial charge is 0.260 e. The molecule has 3 heterocycles. The molecule has 1 aliphatic rings. The van der Waals surface area contributed by atoms with Crippen LogP contribution in [0.15, 0.2) is 57.9 Å². The van der Waals surface area contributed by atoms with E-state index in [9.17, 15) is 9.59 Å². The lowest BCUT2D eigenvalue weighted by molar-refractivity contribution is 0.102. The first-order valence-corrected chi connectivity index (χ1v) is 10.9. The lowest BCUT2D eigenvalue weighted by Gasteiger charge is -2.15. The molecule has 1 aromatic carbocycles. The first kappa shape index (κ1) is 20.7. The highest BCUT2D eigenvalue weighted by atomic mass is 16.5. The number of H-pyrrole nitrogens is 1. The van der Waals surface area contributed by atoms with Crippen molar-refractivity contribution in [2.45, 2.75) is 32.6 Å². The van der Waals surface area contributed by atoms with Gasteiger partial charge in [0.05, 0.1) is 24.1 Å². The number of hydrogen-bond donors (Lipinski definition) is 2. The Kier molecular flexibility index (Phi) is 5.52. The summed E-state index contributed by atoms with van der Waals surface area (Å²) in [7, 11) is 0. The van der Waals surface area contributed by atoms with Gasteiger partial charge < -0.3 is 14.5 Å². The van der Waals surface area contributed by atoms with E-state index in [0.717, 1.165) is 30.5 Å². The standard InChI is InChI=1S/C24H23N5O4/c1-2-32-19-11-6-4-9-16(19)23(31)26-21-14-18(20-12-7-13-33-20)28-29(21)24-25-17-10-5-3-8-15(17)22(30)27-24/h4,6-7,9,11-14H,2-3,5,8,10H2,1H3,(H,26,31)(H,25,27,30). The molecular weight excluding hydrogens is 422 g/mol. The zero-order chi connectivity index (χ0) is 22.8. The quantitative estimate of drug-likeness (QED) is 0.467. The van der Waals surface area contributed by atoms with Gasteiger partial charge in [0.25, 0.3) is 11.5 Å². The zero-order valence-corrected chi connectivity index (χ0v) is 18.1. The molecule has 2 N–H and O–H groups in total. The van der Waals surface area contributed by atoms with Crippen molar-refractivity contribution in [2.75, 3.05) is 11.9 Å². The maximum atomic E-state index is 13.1. The first-order valence-electron chi connectivity index (χ1n) is 10.9. The Balaban J connectivity index is 1.57. The Morgan fingerprint density at radius 3 is 2.88 bits per heavy atom. The highest BCUT2D eigenvalue weighted by Crippen LogP contribution is 2.26. The Bertz CT molecular complexity index is 1350. The lowest BCUT2D eigenvalue weighted by Crippen LogP contribution is -2.25. The molecule has 1 amide bonds. The fraction of sp³-hybridized carbons (Fsp3) is 0.250. The predicted molar refractivity (Wildman–Crippen MR) is 122 cm³/mol. The van der Waals surface area contributed by atoms with Crippen LogP contribution < -0.4 is 15.6 Å². The number of para-hydroxylation sites is 1. The minimum Gasteiger partial charge on any atom is -0.493 e. The van der Waals surface area contributed by atoms with Crippen molar-refractivity contribution < 1.29 is 13.9 Å². The van der Waals surface area contributed by atoms with Gasteiger partial charge in [0.1, 0.15) is 17.3 Å². The Hall–Kier alpha value is -4.14. The molecule has 0 atom stereocenters. The minimum atomic E-state index is -0.369. The number of aryl methyl sites for hydroxylation is 1. The minimum absolute atomic E-state index is 0.177. The molecule has 3 aromatic heterocycles. The predicted octanol–water partition coefficient (Wildman–Crippen LogP) is 3.75. The summed E-state index contributed by atoms with van der Waals surface area (Å²) in [5, 5.41) is 7.45. The van der Waals surface area contributed by atoms with E-state index in [0.29, 0.717) is 41.6 Å². The lowest BCUT2D eigenvalue weighted by atomic mass is 9.97. The van der Waals surface area contributed by atoms with Gasteiger partial charge in [-0.2, -0.15) is 9.78 Å². The topological polar surface area (TPSA) is 115 Å². The number of hydrogen-bond acceptors (Lipinski definition) is 6. The molecule has 0 radical (unpaired) electrons. The van der Waals surface area contributed by atoms with Crippen LogP contribution in [0.25, 0.3) is 17.4 Å². The average molecular weight is 445 g/mol. The Morgan fingerprint density at radius 2 is 2.06 bits per heavy atom. The van der Waals surface area contributed by atoms with E-state index >= 15 is 0 Å². The molecule has 9 nitrogen and oxygen atoms in total. The van der Waals surface area contributed by atoms with Crippen LogP contribution in [0.5, 0.6) is 5.75 Å². The van der Waals surface area contributed by atoms with Crippen LogP contribution in [0, 0.1) is 0 Å². The number of amides is 1. The number of benzene rings is 1. The molecule has 168 valence electrons. The molecule has 0 saturated carbocycles. The van der Waals surface area contributed by atoms with Crippen molar-refractivity contribution >= 4 is 11.7 Å². The number of ether oxygens (including phenoxy) is 1. The molecule has 0 fully saturated rings. The number of aromatic amines is 1. The van der Waals surface area contributed by atoms with E-state index in [1.807, 2.05) is 13.0 Å². The van der Waals surface area contributed by atoms with Crippen LogP contribution in [0.1, 0.15) is 41.4 Å². The van der Waals surface area contributed by atoms with Gasteiger partial charge in [-0.1, -0.05) is 12.1 Å². The summed E-state index contributed by atoms with van der Waals surface area (Å²) in [6, 6.07) is 12.2. The van der Waals surface area contributed by atoms with Crippen LogP contribution in [-0.4, -0.2) is 32.3 Å². The number of nitrogens with zero attached hydrogens (tertiary/aromatic N) is 3. The number of fused-ring (bicyclic) bond motifs is 1. The molecular formula is C24H23N5O4. The third-order valence-electron chi connectivity index (χ3n) is 5.54. The van der Waals surface area contributed by atoms with Crippen molar-refractivity contribution in [3.05, 3.63) is 75.9 Å². The molecule has 0 unspecified atom stereocenters. The number of carbonyl (C=O) groups is 1. The molecule has 0 saturated heterocycles. The monoisotopic (exact) mass is 445 g/mol. The number of anilines is 1. The van der Waals surface area contributed by atoms with Gasteiger partial charge in [-0.05, 0) is 56.9 Å². The highest BCUT2D eigenvalue weighted by molar-refractivity contribution is 6.06. The third kappa shape index (κ3) is 4.05. The summed E-state index contributed by atoms with van der Waals surface area (Å²) in [4.78, 5) is 33.3. The summed E-state index contributed by atoms with van der Waals surface area (Å²) in [5.74, 6) is 1.23. The number of aromatic nitrogens is 4. The highest BCUT2D eigenvalue weighted by Gasteiger charge is 2.21. The van der Waals surface area contributed by atoms with Crippen LogP contribution in [0.2, 0.25) is 0 Å². The number of nitrogens with one attached hydrogen (secondary N) is 2. The normalized spacial score (nSPS) is 12.9. The fourth-order valence-electron chi connectivity index (χ4n) is 3.99. The number of furan rings is 1. The molecule has 33 heavy (non-hydrogen) atoms. The molecule has 0 spiro atoms. The summed E-state index contributed by atoms with van der Waals surface area (Å²) in [6.45, 7) is 2.29. The zero-order valence-electron chi connectivity index (χ0n) is 18.1. The van der Waals surface area contributed by atoms with Gasteiger partial charge in [0.2, 0.25) is 5.95 Å². The van der Waals surface area contributed by atoms with Crippen LogP contribution >= 0.6 is 0 Å². The van der Waals surface area contributed by atoms with E-state index in [1.165, 1.54) is 4.68 Å². The second-order valence-electron chi connectivity index (χ2n) is 7.71. The van der Waals surface area contributed by atoms with E-state index in [4.69, 9.17) is 9.15 Å². The van der Waals surface area contributed by atoms with Crippen molar-refractivity contribution in [3.8, 4) is 23.2 Å². The van der Waals surface area contributed by atoms with Gasteiger partial charge in [-0.25, -0.2) is 4.98 Å². The summed E-state index contributed by atoms with van der Waals surface area (Å²) < 4.78 is 12.5. The van der Waals surface area contributed by atoms with Gasteiger partial charge in [0, 0.05) is 11.6 Å². The van der Waals surface area contributed by atoms with Gasteiger partial charge >= 0.3 is 0 Å². The SMILES string of the molecule is CCOc1ccccc1C(=O)Nc1cc(-c2ccco2)nn1-c1nc2c(c(=O)[nH]1)CCCC2. The summed E-state index contributed by atoms with van der Waals surface area (Å²) in [6.07, 6.45) is 4.96. The van der Waals surface area contributed by atoms with Crippen molar-refractivity contribution in [1.82, 2.24) is 19.7 Å². The maximum absolute atomic E-state index is 13.1. The molecule has 5 rings (SSSR count). The third-order valence-corrected chi connectivity index (χ3v) is 5.54. The summed E-state index contributed by atoms with van der Waals surface area (Å²) >= 11 is 0. The van der Waals surface area contributed by atoms with Crippen LogP contribution in [0.4, 0.5) is 5.82 Å². The molecule has 0 aliphatic heterocycles. The molecule has 0 bridgehead atoms. The largest absolute Gasteiger partial charge is 0.493 e. The summed E-state index contributed by atoms with van der Waals surface area (Å²) in [5.41, 5.74) is 2.20. The average Bonchev–Trinajstić information content (AvgIpc) is 3.50. The molecule has 4 aromatic rings. The fourth-order valence-corrected chi connectivity index (χ4v) is 3.99. The second kappa shape index (κ2) is 8.78. The van der Waals surface area contributed by atoms with E-state index in [2.05, 4.69) is 20.4 Å². The van der Waals surface area contributed by atoms with Crippen molar-refractivity contribution in [3.63, 3.8) is 0 Å². The maximum Gasteiger partial charge on any atom is 0.260 e. The van der Waals surface area contributed by atoms with Crippen molar-refractivity contribution in [2.24, 2.45) is 0 Å². The van der Waals surface area contributed by atoms with Crippen LogP contribution in [-0.2, 0) is 12.8 Å². The van der Waals surface area contributed by atoms with Gasteiger partial charge in [-0.15, -0.1) is 0 Å². The van der Waals surface area contributed by atoms with E-state index < -0.39 is 0 Å². The van der Waals surface area contributed by atoms with Crippen molar-refractivity contribution in [1.29, 1.82) is 0 Å². The van der Waals surface area contributed by atoms with Crippen LogP contribution in [0.3, 0.4) is 0 Å². The van der Waals surface area contributed by atoms with E-state index in [-0.39, 0.29) is 17.4 Å². The second-order valence-corrected chi connectivity index (χ2v) is 7.71. The molecule has 9 heteroatoms. The first-order chi connectivity index (χ1) is 16.1. The number of carbonyl (C=O) groups excluding carboxylic acids is 1. The molecule has 1 aliphatic carbocycles. The Labute approximate surface area is 189 Å². The van der Waals surface area contributed by atoms with Gasteiger partial charge in [-0.3, -0.25) is 14.6 Å². The Morgan fingerprint density at radius 1 is 1.21 bits per heavy atom. The van der Waals surface area contributed by atoms with E-state index in [1.54, 1.807) is 42.7 Å².